The van der Waals surface area contributed by atoms with E-state index in [9.17, 15) is 0 Å². The first-order valence-electron chi connectivity index (χ1n) is 3.01. The Bertz CT molecular complexity index is 240. The van der Waals surface area contributed by atoms with Crippen LogP contribution < -0.4 is 11.3 Å². The summed E-state index contributed by atoms with van der Waals surface area (Å²) in [5.74, 6) is 0.442. The van der Waals surface area contributed by atoms with Crippen molar-refractivity contribution >= 4 is 34.6 Å². The Morgan fingerprint density at radius 1 is 1.70 bits per heavy atom. The van der Waals surface area contributed by atoms with Crippen LogP contribution >= 0.6 is 15.9 Å². The quantitative estimate of drug-likeness (QED) is 0.645. The minimum absolute atomic E-state index is 0.442. The first-order valence-corrected chi connectivity index (χ1v) is 3.80. The summed E-state index contributed by atoms with van der Waals surface area (Å²) in [6.45, 7) is 2.02. The van der Waals surface area contributed by atoms with Crippen molar-refractivity contribution in [2.24, 2.45) is 0 Å². The number of aromatic nitrogens is 2. The Hall–Kier alpha value is -0.575. The molecule has 0 aromatic carbocycles. The molecule has 0 spiro atoms. The topological polar surface area (TPSA) is 51.8 Å². The molecule has 0 aliphatic carbocycles. The molecule has 0 radical (unpaired) electrons. The van der Waals surface area contributed by atoms with Crippen molar-refractivity contribution in [3.05, 3.63) is 10.8 Å². The summed E-state index contributed by atoms with van der Waals surface area (Å²) >= 11 is 3.19. The smallest absolute Gasteiger partial charge is 0.181 e. The van der Waals surface area contributed by atoms with Gasteiger partial charge in [-0.25, -0.2) is 4.98 Å². The number of nitrogens with zero attached hydrogens (tertiary/aromatic N) is 2. The van der Waals surface area contributed by atoms with Gasteiger partial charge in [-0.05, 0) is 15.9 Å². The van der Waals surface area contributed by atoms with E-state index in [4.69, 9.17) is 5.73 Å². The minimum atomic E-state index is 0.442. The zero-order chi connectivity index (χ0) is 7.56. The van der Waals surface area contributed by atoms with Gasteiger partial charge in [-0.15, -0.1) is 0 Å². The zero-order valence-corrected chi connectivity index (χ0v) is 7.22. The third kappa shape index (κ3) is 1.47. The van der Waals surface area contributed by atoms with E-state index in [2.05, 4.69) is 25.9 Å². The van der Waals surface area contributed by atoms with Crippen molar-refractivity contribution in [1.29, 1.82) is 0 Å². The Morgan fingerprint density at radius 3 is 2.90 bits per heavy atom. The van der Waals surface area contributed by atoms with Crippen molar-refractivity contribution in [2.45, 2.75) is 6.82 Å². The second-order valence-corrected chi connectivity index (χ2v) is 2.64. The highest BCUT2D eigenvalue weighted by Gasteiger charge is 1.98. The normalized spacial score (nSPS) is 9.40. The Balaban J connectivity index is 3.04. The maximum Gasteiger partial charge on any atom is 0.181 e. The first-order chi connectivity index (χ1) is 4.74. The summed E-state index contributed by atoms with van der Waals surface area (Å²) in [5.41, 5.74) is 6.37. The van der Waals surface area contributed by atoms with Crippen LogP contribution in [0.25, 0.3) is 0 Å². The molecule has 0 fully saturated rings. The van der Waals surface area contributed by atoms with Gasteiger partial charge in [0, 0.05) is 11.8 Å². The fourth-order valence-electron chi connectivity index (χ4n) is 0.580. The second kappa shape index (κ2) is 3.01. The van der Waals surface area contributed by atoms with Crippen molar-refractivity contribution in [2.75, 3.05) is 5.73 Å². The van der Waals surface area contributed by atoms with Crippen molar-refractivity contribution in [3.8, 4) is 0 Å². The lowest BCUT2D eigenvalue weighted by atomic mass is 9.78. The molecule has 0 atom stereocenters. The Kier molecular flexibility index (Phi) is 2.27. The summed E-state index contributed by atoms with van der Waals surface area (Å²) in [4.78, 5) is 8.04. The van der Waals surface area contributed by atoms with E-state index in [-0.39, 0.29) is 0 Å². The van der Waals surface area contributed by atoms with Crippen LogP contribution in [0, 0.1) is 0 Å². The molecule has 10 heavy (non-hydrogen) atoms. The second-order valence-electron chi connectivity index (χ2n) is 1.89. The monoisotopic (exact) mass is 199 g/mol. The molecule has 0 aliphatic heterocycles. The molecular weight excluding hydrogens is 193 g/mol. The molecule has 0 saturated carbocycles. The average molecular weight is 200 g/mol. The predicted molar refractivity (Wildman–Crippen MR) is 46.8 cm³/mol. The molecule has 1 heterocycles. The average Bonchev–Trinajstić information content (AvgIpc) is 1.95. The predicted octanol–water partition coefficient (Wildman–Crippen LogP) is -0.0688. The molecule has 0 unspecified atom stereocenters. The van der Waals surface area contributed by atoms with Crippen LogP contribution in [0.2, 0.25) is 6.82 Å². The molecule has 5 heteroatoms. The van der Waals surface area contributed by atoms with Crippen LogP contribution in [0.5, 0.6) is 0 Å². The summed E-state index contributed by atoms with van der Waals surface area (Å²) in [6, 6.07) is 0. The molecule has 0 amide bonds. The number of nitrogens with two attached hydrogens (primary N) is 1. The van der Waals surface area contributed by atoms with E-state index in [1.54, 1.807) is 6.20 Å². The van der Waals surface area contributed by atoms with Crippen LogP contribution in [0.15, 0.2) is 10.8 Å². The number of anilines is 1. The van der Waals surface area contributed by atoms with Gasteiger partial charge in [0.1, 0.15) is 4.60 Å². The summed E-state index contributed by atoms with van der Waals surface area (Å²) in [7, 11) is 0.881. The van der Waals surface area contributed by atoms with Gasteiger partial charge >= 0.3 is 0 Å². The summed E-state index contributed by atoms with van der Waals surface area (Å²) in [5, 5.41) is 0. The van der Waals surface area contributed by atoms with Gasteiger partial charge in [-0.1, -0.05) is 6.82 Å². The minimum Gasteiger partial charge on any atom is -0.381 e. The lowest BCUT2D eigenvalue weighted by Gasteiger charge is -1.97. The van der Waals surface area contributed by atoms with Gasteiger partial charge in [0.25, 0.3) is 0 Å². The fourth-order valence-corrected chi connectivity index (χ4v) is 0.910. The molecule has 1 aromatic rings. The van der Waals surface area contributed by atoms with Gasteiger partial charge in [0.05, 0.1) is 0 Å². The molecule has 0 aliphatic rings. The lowest BCUT2D eigenvalue weighted by molar-refractivity contribution is 1.21. The molecule has 3 nitrogen and oxygen atoms in total. The van der Waals surface area contributed by atoms with E-state index in [1.807, 2.05) is 6.82 Å². The number of halogens is 1. The molecule has 0 bridgehead atoms. The van der Waals surface area contributed by atoms with Crippen LogP contribution in [-0.4, -0.2) is 17.2 Å². The molecule has 1 rings (SSSR count). The molecule has 0 saturated heterocycles. The van der Waals surface area contributed by atoms with Gasteiger partial charge in [0.2, 0.25) is 0 Å². The summed E-state index contributed by atoms with van der Waals surface area (Å²) < 4.78 is 0.631. The van der Waals surface area contributed by atoms with E-state index < -0.39 is 0 Å². The standard InChI is InChI=1S/C5H7BBrN3/c1-6-3-2-9-5(8)4(7)10-3/h2,6H,1H3,(H2,8,9). The van der Waals surface area contributed by atoms with E-state index in [0.29, 0.717) is 10.4 Å². The first kappa shape index (κ1) is 7.53. The SMILES string of the molecule is CBc1cnc(N)c(Br)n1. The van der Waals surface area contributed by atoms with Crippen molar-refractivity contribution < 1.29 is 0 Å². The highest BCUT2D eigenvalue weighted by molar-refractivity contribution is 9.10. The molecule has 52 valence electrons. The largest absolute Gasteiger partial charge is 0.381 e. The highest BCUT2D eigenvalue weighted by atomic mass is 79.9. The summed E-state index contributed by atoms with van der Waals surface area (Å²) in [6.07, 6.45) is 1.68. The fraction of sp³-hybridized carbons (Fsp3) is 0.200. The maximum absolute atomic E-state index is 5.42. The number of nitrogen functional groups attached to an aromatic ring is 1. The van der Waals surface area contributed by atoms with Gasteiger partial charge in [0.15, 0.2) is 13.1 Å². The molecule has 2 N–H and O–H groups in total. The Morgan fingerprint density at radius 2 is 2.40 bits per heavy atom. The number of rotatable bonds is 1. The van der Waals surface area contributed by atoms with Crippen molar-refractivity contribution in [1.82, 2.24) is 9.97 Å². The van der Waals surface area contributed by atoms with Crippen LogP contribution in [0.1, 0.15) is 0 Å². The number of hydrogen-bond donors (Lipinski definition) is 1. The van der Waals surface area contributed by atoms with Gasteiger partial charge in [-0.3, -0.25) is 4.98 Å². The lowest BCUT2D eigenvalue weighted by Crippen LogP contribution is -2.17. The molecule has 1 aromatic heterocycles. The number of hydrogen-bond acceptors (Lipinski definition) is 3. The van der Waals surface area contributed by atoms with E-state index in [0.717, 1.165) is 12.9 Å². The maximum atomic E-state index is 5.42. The zero-order valence-electron chi connectivity index (χ0n) is 5.63. The van der Waals surface area contributed by atoms with E-state index >= 15 is 0 Å². The van der Waals surface area contributed by atoms with Crippen LogP contribution in [0.4, 0.5) is 5.82 Å². The van der Waals surface area contributed by atoms with Gasteiger partial charge in [-0.2, -0.15) is 0 Å². The van der Waals surface area contributed by atoms with Crippen LogP contribution in [0.3, 0.4) is 0 Å². The Labute approximate surface area is 68.4 Å². The van der Waals surface area contributed by atoms with Gasteiger partial charge < -0.3 is 5.73 Å². The molecular formula is C5H7BBrN3. The van der Waals surface area contributed by atoms with Crippen LogP contribution in [-0.2, 0) is 0 Å². The highest BCUT2D eigenvalue weighted by Crippen LogP contribution is 2.08. The third-order valence-electron chi connectivity index (χ3n) is 1.17. The van der Waals surface area contributed by atoms with Crippen molar-refractivity contribution in [3.63, 3.8) is 0 Å². The van der Waals surface area contributed by atoms with E-state index in [1.165, 1.54) is 0 Å². The third-order valence-corrected chi connectivity index (χ3v) is 1.75.